The maximum atomic E-state index is 16.9. The number of nitrogens with zero attached hydrogens (tertiary/aromatic N) is 5. The molecule has 5 heterocycles. The van der Waals surface area contributed by atoms with E-state index in [0.717, 1.165) is 76.4 Å². The molecule has 0 bridgehead atoms. The van der Waals surface area contributed by atoms with Crippen LogP contribution < -0.4 is 9.64 Å². The fraction of sp³-hybridized carbons (Fsp3) is 0.472. The molecule has 3 aromatic rings. The van der Waals surface area contributed by atoms with Crippen LogP contribution in [0.1, 0.15) is 61.6 Å². The van der Waals surface area contributed by atoms with Crippen LogP contribution in [-0.4, -0.2) is 71.1 Å². The first-order valence-corrected chi connectivity index (χ1v) is 16.3. The van der Waals surface area contributed by atoms with Crippen molar-refractivity contribution in [2.45, 2.75) is 75.4 Å². The Labute approximate surface area is 257 Å². The van der Waals surface area contributed by atoms with Gasteiger partial charge in [0.25, 0.3) is 0 Å². The van der Waals surface area contributed by atoms with E-state index in [1.54, 1.807) is 0 Å². The Balaban J connectivity index is 1.25. The number of hydrogen-bond acceptors (Lipinski definition) is 6. The van der Waals surface area contributed by atoms with E-state index in [0.29, 0.717) is 41.9 Å². The average Bonchev–Trinajstić information content (AvgIpc) is 3.72. The van der Waals surface area contributed by atoms with Gasteiger partial charge in [0, 0.05) is 24.0 Å². The van der Waals surface area contributed by atoms with Gasteiger partial charge in [0.05, 0.1) is 23.3 Å². The number of benzene rings is 2. The van der Waals surface area contributed by atoms with E-state index in [2.05, 4.69) is 28.5 Å². The van der Waals surface area contributed by atoms with E-state index in [-0.39, 0.29) is 40.7 Å². The highest BCUT2D eigenvalue weighted by molar-refractivity contribution is 5.99. The third-order valence-electron chi connectivity index (χ3n) is 11.2. The molecule has 2 atom stereocenters. The van der Waals surface area contributed by atoms with Crippen molar-refractivity contribution in [3.05, 3.63) is 65.5 Å². The topological polar surface area (TPSA) is 72.7 Å². The second kappa shape index (κ2) is 10.6. The van der Waals surface area contributed by atoms with Crippen LogP contribution in [-0.2, 0) is 17.6 Å². The average molecular weight is 592 g/mol. The minimum Gasteiger partial charge on any atom is -0.475 e. The molecule has 4 saturated heterocycles. The van der Waals surface area contributed by atoms with Gasteiger partial charge in [-0.25, -0.2) is 9.37 Å². The number of halogens is 1. The van der Waals surface area contributed by atoms with Gasteiger partial charge in [-0.3, -0.25) is 9.69 Å². The molecule has 44 heavy (non-hydrogen) atoms. The minimum absolute atomic E-state index is 0.0358. The zero-order valence-corrected chi connectivity index (χ0v) is 25.2. The smallest absolute Gasteiger partial charge is 0.246 e. The van der Waals surface area contributed by atoms with Crippen LogP contribution in [0.25, 0.3) is 22.0 Å². The van der Waals surface area contributed by atoms with E-state index >= 15 is 4.39 Å². The van der Waals surface area contributed by atoms with Crippen LogP contribution in [0.3, 0.4) is 0 Å². The minimum atomic E-state index is -0.370. The van der Waals surface area contributed by atoms with Gasteiger partial charge >= 0.3 is 0 Å². The quantitative estimate of drug-likeness (QED) is 0.339. The first-order chi connectivity index (χ1) is 21.5. The Kier molecular flexibility index (Phi) is 6.64. The SMILES string of the molecule is C=CC(=O)N1CC[C@@H]2[C@H]1CN2c1c(C#N)c(OCC23CCCN2CCC3)nc2c(F)c(-c3cccc4c3CCCC4)ccc12. The van der Waals surface area contributed by atoms with Crippen molar-refractivity contribution in [1.82, 2.24) is 14.8 Å². The number of carbonyl (C=O) groups excluding carboxylic acids is 1. The second-order valence-electron chi connectivity index (χ2n) is 13.2. The number of carbonyl (C=O) groups is 1. The standard InChI is InChI=1S/C36H38FN5O2/c1-2-31(43)41-19-14-29-30(41)21-42(29)34-27-13-12-26(25-11-5-9-23-8-3-4-10-24(23)25)32(37)33(27)39-35(28(34)20-38)44-22-36-15-6-17-40(36)18-7-16-36/h2,5,9,11-13,29-30H,1,3-4,6-8,10,14-19,21-22H2/t29-,30-/m1/s1. The van der Waals surface area contributed by atoms with Crippen LogP contribution in [0.5, 0.6) is 5.88 Å². The normalized spacial score (nSPS) is 23.5. The Morgan fingerprint density at radius 3 is 2.70 bits per heavy atom. The molecule has 1 aromatic heterocycles. The number of ether oxygens (including phenoxy) is 1. The van der Waals surface area contributed by atoms with Crippen molar-refractivity contribution in [3.63, 3.8) is 0 Å². The number of nitriles is 1. The first-order valence-electron chi connectivity index (χ1n) is 16.3. The molecule has 4 aliphatic heterocycles. The van der Waals surface area contributed by atoms with E-state index < -0.39 is 0 Å². The fourth-order valence-electron chi connectivity index (χ4n) is 8.94. The van der Waals surface area contributed by atoms with Crippen LogP contribution >= 0.6 is 0 Å². The van der Waals surface area contributed by atoms with Gasteiger partial charge in [-0.2, -0.15) is 5.26 Å². The number of anilines is 1. The molecule has 8 heteroatoms. The van der Waals surface area contributed by atoms with E-state index in [1.807, 2.05) is 29.2 Å². The molecule has 0 radical (unpaired) electrons. The zero-order chi connectivity index (χ0) is 30.0. The lowest BCUT2D eigenvalue weighted by Gasteiger charge is -2.48. The summed E-state index contributed by atoms with van der Waals surface area (Å²) in [6.45, 7) is 7.47. The monoisotopic (exact) mass is 591 g/mol. The van der Waals surface area contributed by atoms with Crippen molar-refractivity contribution in [2.24, 2.45) is 0 Å². The summed E-state index contributed by atoms with van der Waals surface area (Å²) in [5.74, 6) is -0.222. The van der Waals surface area contributed by atoms with Crippen molar-refractivity contribution >= 4 is 22.5 Å². The maximum absolute atomic E-state index is 16.9. The van der Waals surface area contributed by atoms with E-state index in [9.17, 15) is 10.1 Å². The summed E-state index contributed by atoms with van der Waals surface area (Å²) in [6, 6.07) is 12.5. The number of aromatic nitrogens is 1. The molecule has 0 spiro atoms. The molecular weight excluding hydrogens is 553 g/mol. The summed E-state index contributed by atoms with van der Waals surface area (Å²) >= 11 is 0. The Morgan fingerprint density at radius 1 is 1.09 bits per heavy atom. The first kappa shape index (κ1) is 27.6. The summed E-state index contributed by atoms with van der Waals surface area (Å²) in [5, 5.41) is 11.2. The van der Waals surface area contributed by atoms with Gasteiger partial charge in [0.1, 0.15) is 23.8 Å². The van der Waals surface area contributed by atoms with Gasteiger partial charge < -0.3 is 14.5 Å². The van der Waals surface area contributed by atoms with Gasteiger partial charge in [-0.05, 0) is 99.7 Å². The largest absolute Gasteiger partial charge is 0.475 e. The molecule has 8 rings (SSSR count). The molecule has 0 saturated carbocycles. The number of hydrogen-bond donors (Lipinski definition) is 0. The van der Waals surface area contributed by atoms with E-state index in [4.69, 9.17) is 9.72 Å². The highest BCUT2D eigenvalue weighted by atomic mass is 19.1. The molecule has 2 aromatic carbocycles. The van der Waals surface area contributed by atoms with Gasteiger partial charge in [-0.15, -0.1) is 0 Å². The number of fused-ring (bicyclic) bond motifs is 4. The van der Waals surface area contributed by atoms with Crippen molar-refractivity contribution in [3.8, 4) is 23.1 Å². The Bertz CT molecular complexity index is 1720. The zero-order valence-electron chi connectivity index (χ0n) is 25.2. The van der Waals surface area contributed by atoms with Crippen molar-refractivity contribution < 1.29 is 13.9 Å². The highest BCUT2D eigenvalue weighted by Crippen LogP contribution is 2.46. The maximum Gasteiger partial charge on any atom is 0.246 e. The van der Waals surface area contributed by atoms with Crippen molar-refractivity contribution in [2.75, 3.05) is 37.7 Å². The molecular formula is C36H38FN5O2. The number of rotatable bonds is 6. The molecule has 7 nitrogen and oxygen atoms in total. The van der Waals surface area contributed by atoms with Gasteiger partial charge in [0.2, 0.25) is 11.8 Å². The van der Waals surface area contributed by atoms with Crippen LogP contribution in [0.2, 0.25) is 0 Å². The molecule has 226 valence electrons. The second-order valence-corrected chi connectivity index (χ2v) is 13.2. The summed E-state index contributed by atoms with van der Waals surface area (Å²) < 4.78 is 23.4. The number of aryl methyl sites for hydroxylation is 1. The fourth-order valence-corrected chi connectivity index (χ4v) is 8.94. The number of likely N-dealkylation sites (tertiary alicyclic amines) is 1. The van der Waals surface area contributed by atoms with Gasteiger partial charge in [-0.1, -0.05) is 30.8 Å². The molecule has 1 aliphatic carbocycles. The lowest BCUT2D eigenvalue weighted by molar-refractivity contribution is -0.127. The third-order valence-corrected chi connectivity index (χ3v) is 11.2. The highest BCUT2D eigenvalue weighted by Gasteiger charge is 2.50. The van der Waals surface area contributed by atoms with Crippen molar-refractivity contribution in [1.29, 1.82) is 5.26 Å². The van der Waals surface area contributed by atoms with E-state index in [1.165, 1.54) is 17.2 Å². The number of amides is 1. The summed E-state index contributed by atoms with van der Waals surface area (Å²) in [5.41, 5.74) is 5.25. The Hall–Kier alpha value is -3.96. The molecule has 4 fully saturated rings. The summed E-state index contributed by atoms with van der Waals surface area (Å²) in [7, 11) is 0. The van der Waals surface area contributed by atoms with Crippen LogP contribution in [0.4, 0.5) is 10.1 Å². The molecule has 5 aliphatic rings. The Morgan fingerprint density at radius 2 is 1.91 bits per heavy atom. The predicted octanol–water partition coefficient (Wildman–Crippen LogP) is 5.77. The summed E-state index contributed by atoms with van der Waals surface area (Å²) in [6.07, 6.45) is 10.8. The molecule has 1 amide bonds. The van der Waals surface area contributed by atoms with Gasteiger partial charge in [0.15, 0.2) is 5.82 Å². The third kappa shape index (κ3) is 4.08. The predicted molar refractivity (Wildman–Crippen MR) is 168 cm³/mol. The van der Waals surface area contributed by atoms with Crippen LogP contribution in [0.15, 0.2) is 43.0 Å². The summed E-state index contributed by atoms with van der Waals surface area (Å²) in [4.78, 5) is 23.9. The molecule has 0 N–H and O–H groups in total. The lowest BCUT2D eigenvalue weighted by atomic mass is 9.85. The number of pyridine rings is 1. The molecule has 0 unspecified atom stereocenters. The lowest BCUT2D eigenvalue weighted by Crippen LogP contribution is -2.63. The van der Waals surface area contributed by atoms with Crippen LogP contribution in [0, 0.1) is 17.1 Å².